The van der Waals surface area contributed by atoms with E-state index in [1.54, 1.807) is 59.4 Å². The molecule has 2 aromatic carbocycles. The zero-order chi connectivity index (χ0) is 24.5. The molecule has 2 aliphatic rings. The van der Waals surface area contributed by atoms with Gasteiger partial charge < -0.3 is 14.5 Å². The standard InChI is InChI=1S/C24H28N4O5S/c1-16(2)21(25-22-19-9-4-5-10-20(19)34(31,32)26-22)24(30)28-13-11-27(12-14-28)23(29)17-7-6-8-18(15-17)33-3/h4-10,15-16,21H,11-14H2,1-3H3,(H,25,26)/t21-/m0/s1. The van der Waals surface area contributed by atoms with Crippen molar-refractivity contribution in [3.05, 3.63) is 59.7 Å². The van der Waals surface area contributed by atoms with Gasteiger partial charge in [-0.05, 0) is 36.2 Å². The number of carbonyl (C=O) groups excluding carboxylic acids is 2. The highest BCUT2D eigenvalue weighted by Crippen LogP contribution is 2.24. The second-order valence-electron chi connectivity index (χ2n) is 8.62. The van der Waals surface area contributed by atoms with E-state index < -0.39 is 16.1 Å². The van der Waals surface area contributed by atoms with Crippen LogP contribution in [0.15, 0.2) is 58.4 Å². The number of ether oxygens (including phenoxy) is 1. The van der Waals surface area contributed by atoms with Crippen LogP contribution in [-0.4, -0.2) is 75.2 Å². The topological polar surface area (TPSA) is 108 Å². The lowest BCUT2D eigenvalue weighted by molar-refractivity contribution is -0.134. The van der Waals surface area contributed by atoms with Gasteiger partial charge in [0.2, 0.25) is 5.91 Å². The zero-order valence-corrected chi connectivity index (χ0v) is 20.2. The minimum absolute atomic E-state index is 0.108. The molecule has 1 N–H and O–H groups in total. The van der Waals surface area contributed by atoms with Crippen LogP contribution in [0.25, 0.3) is 0 Å². The van der Waals surface area contributed by atoms with Gasteiger partial charge in [0, 0.05) is 37.3 Å². The van der Waals surface area contributed by atoms with Gasteiger partial charge in [0.15, 0.2) is 0 Å². The fraction of sp³-hybridized carbons (Fsp3) is 0.375. The highest BCUT2D eigenvalue weighted by molar-refractivity contribution is 7.90. The number of rotatable bonds is 5. The van der Waals surface area contributed by atoms with Gasteiger partial charge in [-0.2, -0.15) is 0 Å². The Hall–Kier alpha value is -3.40. The first kappa shape index (κ1) is 23.7. The lowest BCUT2D eigenvalue weighted by atomic mass is 10.0. The summed E-state index contributed by atoms with van der Waals surface area (Å²) in [6.45, 7) is 5.32. The van der Waals surface area contributed by atoms with Crippen LogP contribution in [0.1, 0.15) is 29.8 Å². The Morgan fingerprint density at radius 3 is 2.35 bits per heavy atom. The summed E-state index contributed by atoms with van der Waals surface area (Å²) in [6, 6.07) is 12.8. The molecular formula is C24H28N4O5S. The van der Waals surface area contributed by atoms with Crippen molar-refractivity contribution in [1.29, 1.82) is 0 Å². The van der Waals surface area contributed by atoms with E-state index in [0.717, 1.165) is 0 Å². The Balaban J connectivity index is 1.47. The van der Waals surface area contributed by atoms with Gasteiger partial charge in [-0.1, -0.05) is 32.0 Å². The maximum Gasteiger partial charge on any atom is 0.263 e. The number of benzene rings is 2. The monoisotopic (exact) mass is 484 g/mol. The third kappa shape index (κ3) is 4.63. The molecule has 10 heteroatoms. The molecule has 0 saturated carbocycles. The number of amides is 2. The van der Waals surface area contributed by atoms with Crippen LogP contribution in [0.4, 0.5) is 0 Å². The van der Waals surface area contributed by atoms with E-state index in [0.29, 0.717) is 43.1 Å². The van der Waals surface area contributed by atoms with E-state index >= 15 is 0 Å². The fourth-order valence-electron chi connectivity index (χ4n) is 4.11. The van der Waals surface area contributed by atoms with Gasteiger partial charge >= 0.3 is 0 Å². The summed E-state index contributed by atoms with van der Waals surface area (Å²) >= 11 is 0. The molecule has 2 aromatic rings. The summed E-state index contributed by atoms with van der Waals surface area (Å²) in [7, 11) is -2.13. The smallest absolute Gasteiger partial charge is 0.263 e. The number of nitrogens with one attached hydrogen (secondary N) is 1. The van der Waals surface area contributed by atoms with E-state index in [2.05, 4.69) is 9.71 Å². The van der Waals surface area contributed by atoms with Crippen molar-refractivity contribution in [2.45, 2.75) is 24.8 Å². The van der Waals surface area contributed by atoms with Crippen LogP contribution >= 0.6 is 0 Å². The van der Waals surface area contributed by atoms with Gasteiger partial charge in [0.05, 0.1) is 12.0 Å². The van der Waals surface area contributed by atoms with Crippen molar-refractivity contribution in [3.8, 4) is 5.75 Å². The van der Waals surface area contributed by atoms with E-state index in [4.69, 9.17) is 4.74 Å². The van der Waals surface area contributed by atoms with Crippen molar-refractivity contribution in [2.75, 3.05) is 33.3 Å². The Labute approximate surface area is 199 Å². The molecular weight excluding hydrogens is 456 g/mol. The predicted octanol–water partition coefficient (Wildman–Crippen LogP) is 1.74. The average molecular weight is 485 g/mol. The van der Waals surface area contributed by atoms with E-state index in [1.165, 1.54) is 6.07 Å². The van der Waals surface area contributed by atoms with Crippen molar-refractivity contribution >= 4 is 27.7 Å². The highest BCUT2D eigenvalue weighted by atomic mass is 32.2. The maximum absolute atomic E-state index is 13.4. The summed E-state index contributed by atoms with van der Waals surface area (Å²) in [4.78, 5) is 34.3. The van der Waals surface area contributed by atoms with Crippen LogP contribution in [0.2, 0.25) is 0 Å². The Bertz CT molecular complexity index is 1230. The fourth-order valence-corrected chi connectivity index (χ4v) is 5.35. The number of nitrogens with zero attached hydrogens (tertiary/aromatic N) is 3. The number of carbonyl (C=O) groups is 2. The van der Waals surface area contributed by atoms with E-state index in [9.17, 15) is 18.0 Å². The third-order valence-electron chi connectivity index (χ3n) is 6.01. The highest BCUT2D eigenvalue weighted by Gasteiger charge is 2.35. The first-order valence-electron chi connectivity index (χ1n) is 11.1. The van der Waals surface area contributed by atoms with Gasteiger partial charge in [-0.25, -0.2) is 8.42 Å². The van der Waals surface area contributed by atoms with Crippen molar-refractivity contribution in [2.24, 2.45) is 10.9 Å². The number of piperazine rings is 1. The molecule has 1 fully saturated rings. The quantitative estimate of drug-likeness (QED) is 0.696. The predicted molar refractivity (Wildman–Crippen MR) is 127 cm³/mol. The van der Waals surface area contributed by atoms with E-state index in [1.807, 2.05) is 13.8 Å². The van der Waals surface area contributed by atoms with Gasteiger partial charge in [-0.3, -0.25) is 19.3 Å². The Kier molecular flexibility index (Phi) is 6.60. The molecule has 0 bridgehead atoms. The lowest BCUT2D eigenvalue weighted by Gasteiger charge is -2.36. The summed E-state index contributed by atoms with van der Waals surface area (Å²) < 4.78 is 32.5. The minimum Gasteiger partial charge on any atom is -0.497 e. The average Bonchev–Trinajstić information content (AvgIpc) is 3.11. The number of sulfonamides is 1. The van der Waals surface area contributed by atoms with Crippen LogP contribution in [0, 0.1) is 5.92 Å². The van der Waals surface area contributed by atoms with Gasteiger partial charge in [0.25, 0.3) is 15.9 Å². The molecule has 2 amide bonds. The third-order valence-corrected chi connectivity index (χ3v) is 7.41. The molecule has 9 nitrogen and oxygen atoms in total. The second-order valence-corrected chi connectivity index (χ2v) is 10.3. The molecule has 0 spiro atoms. The Morgan fingerprint density at radius 2 is 1.68 bits per heavy atom. The molecule has 180 valence electrons. The first-order valence-corrected chi connectivity index (χ1v) is 12.6. The van der Waals surface area contributed by atoms with Crippen LogP contribution in [-0.2, 0) is 14.8 Å². The maximum atomic E-state index is 13.4. The van der Waals surface area contributed by atoms with E-state index in [-0.39, 0.29) is 28.5 Å². The molecule has 0 unspecified atom stereocenters. The molecule has 0 aliphatic carbocycles. The van der Waals surface area contributed by atoms with Crippen molar-refractivity contribution in [1.82, 2.24) is 14.5 Å². The molecule has 0 radical (unpaired) electrons. The summed E-state index contributed by atoms with van der Waals surface area (Å²) in [6.07, 6.45) is 0. The molecule has 0 aromatic heterocycles. The van der Waals surface area contributed by atoms with Crippen molar-refractivity contribution < 1.29 is 22.7 Å². The number of fused-ring (bicyclic) bond motifs is 1. The minimum atomic E-state index is -3.68. The van der Waals surface area contributed by atoms with Gasteiger partial charge in [0.1, 0.15) is 17.6 Å². The number of hydrogen-bond donors (Lipinski definition) is 1. The molecule has 2 aliphatic heterocycles. The van der Waals surface area contributed by atoms with Crippen LogP contribution in [0.5, 0.6) is 5.75 Å². The largest absolute Gasteiger partial charge is 0.497 e. The number of methoxy groups -OCH3 is 1. The summed E-state index contributed by atoms with van der Waals surface area (Å²) in [5, 5.41) is 0. The molecule has 4 rings (SSSR count). The van der Waals surface area contributed by atoms with Crippen LogP contribution in [0.3, 0.4) is 0 Å². The molecule has 1 saturated heterocycles. The normalized spacial score (nSPS) is 19.0. The lowest BCUT2D eigenvalue weighted by Crippen LogP contribution is -2.53. The van der Waals surface area contributed by atoms with Crippen molar-refractivity contribution in [3.63, 3.8) is 0 Å². The Morgan fingerprint density at radius 1 is 1.00 bits per heavy atom. The number of aliphatic imine (C=N–C) groups is 1. The zero-order valence-electron chi connectivity index (χ0n) is 19.4. The molecule has 1 atom stereocenters. The summed E-state index contributed by atoms with van der Waals surface area (Å²) in [5.74, 6) is 0.369. The summed E-state index contributed by atoms with van der Waals surface area (Å²) in [5.41, 5.74) is 1.01. The SMILES string of the molecule is COc1cccc(C(=O)N2CCN(C(=O)[C@@H](N=C3NS(=O)(=O)c4ccccc43)C(C)C)CC2)c1. The van der Waals surface area contributed by atoms with Crippen LogP contribution < -0.4 is 9.46 Å². The first-order chi connectivity index (χ1) is 16.2. The second kappa shape index (κ2) is 9.46. The number of hydrogen-bond acceptors (Lipinski definition) is 6. The number of amidine groups is 1. The molecule has 2 heterocycles. The van der Waals surface area contributed by atoms with Gasteiger partial charge in [-0.15, -0.1) is 0 Å². The molecule has 34 heavy (non-hydrogen) atoms.